The van der Waals surface area contributed by atoms with Crippen LogP contribution in [0.1, 0.15) is 38.7 Å². The number of aliphatic imine (C=N–C) groups is 1. The number of nitrogens with zero attached hydrogens (tertiary/aromatic N) is 2. The van der Waals surface area contributed by atoms with Crippen molar-refractivity contribution < 1.29 is 9.90 Å². The Labute approximate surface area is 171 Å². The number of aliphatic hydroxyl groups is 1. The molecule has 142 valence electrons. The Bertz CT molecular complexity index is 543. The van der Waals surface area contributed by atoms with E-state index in [4.69, 9.17) is 0 Å². The number of hydrogen-bond donors (Lipinski definition) is 3. The van der Waals surface area contributed by atoms with Gasteiger partial charge in [-0.2, -0.15) is 11.3 Å². The Hall–Kier alpha value is -0.870. The van der Waals surface area contributed by atoms with Crippen molar-refractivity contribution in [2.24, 2.45) is 4.99 Å². The number of nitrogens with one attached hydrogen (secondary N) is 2. The highest BCUT2D eigenvalue weighted by Crippen LogP contribution is 2.21. The van der Waals surface area contributed by atoms with Crippen molar-refractivity contribution in [2.75, 3.05) is 32.7 Å². The lowest BCUT2D eigenvalue weighted by Gasteiger charge is -2.26. The number of guanidine groups is 1. The molecule has 0 radical (unpaired) electrons. The molecule has 0 saturated carbocycles. The summed E-state index contributed by atoms with van der Waals surface area (Å²) >= 11 is 1.56. The Morgan fingerprint density at radius 2 is 2.08 bits per heavy atom. The summed E-state index contributed by atoms with van der Waals surface area (Å²) in [5, 5.41) is 20.7. The van der Waals surface area contributed by atoms with Crippen molar-refractivity contribution in [3.8, 4) is 0 Å². The van der Waals surface area contributed by atoms with Gasteiger partial charge >= 0.3 is 0 Å². The number of carbonyl (C=O) groups excluding carboxylic acids is 1. The molecular weight excluding hydrogens is 451 g/mol. The van der Waals surface area contributed by atoms with Crippen molar-refractivity contribution in [3.05, 3.63) is 22.4 Å². The minimum atomic E-state index is -0.979. The summed E-state index contributed by atoms with van der Waals surface area (Å²) < 4.78 is 0. The van der Waals surface area contributed by atoms with Crippen LogP contribution in [0.4, 0.5) is 0 Å². The largest absolute Gasteiger partial charge is 0.384 e. The minimum Gasteiger partial charge on any atom is -0.384 e. The average Bonchev–Trinajstić information content (AvgIpc) is 3.13. The van der Waals surface area contributed by atoms with Crippen molar-refractivity contribution in [1.82, 2.24) is 15.5 Å². The molecule has 1 fully saturated rings. The maximum Gasteiger partial charge on any atom is 0.244 e. The molecule has 1 saturated heterocycles. The summed E-state index contributed by atoms with van der Waals surface area (Å²) in [5.74, 6) is 0.620. The van der Waals surface area contributed by atoms with E-state index in [1.807, 2.05) is 28.7 Å². The molecule has 3 N–H and O–H groups in total. The maximum absolute atomic E-state index is 12.2. The van der Waals surface area contributed by atoms with Crippen molar-refractivity contribution in [3.63, 3.8) is 0 Å². The van der Waals surface area contributed by atoms with E-state index in [9.17, 15) is 9.90 Å². The average molecular weight is 480 g/mol. The van der Waals surface area contributed by atoms with Crippen molar-refractivity contribution in [2.45, 2.75) is 38.7 Å². The quantitative estimate of drug-likeness (QED) is 0.331. The zero-order chi connectivity index (χ0) is 17.4. The Balaban J connectivity index is 0.00000312. The summed E-state index contributed by atoms with van der Waals surface area (Å²) in [6.45, 7) is 6.58. The first-order valence-electron chi connectivity index (χ1n) is 8.58. The van der Waals surface area contributed by atoms with E-state index in [1.54, 1.807) is 18.3 Å². The minimum absolute atomic E-state index is 0. The molecule has 0 bridgehead atoms. The SMILES string of the molecule is CCNC(=NCC(=O)N1CCCCC1)NCC(C)(O)c1ccsc1.I. The van der Waals surface area contributed by atoms with Crippen LogP contribution < -0.4 is 10.6 Å². The van der Waals surface area contributed by atoms with Crippen LogP contribution >= 0.6 is 35.3 Å². The Morgan fingerprint density at radius 3 is 2.68 bits per heavy atom. The molecule has 1 amide bonds. The van der Waals surface area contributed by atoms with Gasteiger partial charge < -0.3 is 20.6 Å². The van der Waals surface area contributed by atoms with Gasteiger partial charge in [0, 0.05) is 19.6 Å². The number of thiophene rings is 1. The predicted octanol–water partition coefficient (Wildman–Crippen LogP) is 2.14. The van der Waals surface area contributed by atoms with Gasteiger partial charge in [-0.3, -0.25) is 4.79 Å². The fraction of sp³-hybridized carbons (Fsp3) is 0.647. The van der Waals surface area contributed by atoms with Gasteiger partial charge in [0.15, 0.2) is 5.96 Å². The van der Waals surface area contributed by atoms with Crippen molar-refractivity contribution in [1.29, 1.82) is 0 Å². The first kappa shape index (κ1) is 22.2. The van der Waals surface area contributed by atoms with E-state index in [0.717, 1.165) is 31.5 Å². The van der Waals surface area contributed by atoms with Crippen molar-refractivity contribution >= 4 is 47.2 Å². The second-order valence-corrected chi connectivity index (χ2v) is 7.06. The molecule has 0 spiro atoms. The summed E-state index contributed by atoms with van der Waals surface area (Å²) in [6, 6.07) is 1.91. The van der Waals surface area contributed by atoms with Crippen LogP contribution in [0.5, 0.6) is 0 Å². The third kappa shape index (κ3) is 7.10. The number of hydrogen-bond acceptors (Lipinski definition) is 4. The summed E-state index contributed by atoms with van der Waals surface area (Å²) in [5.41, 5.74) is -0.104. The fourth-order valence-electron chi connectivity index (χ4n) is 2.66. The molecule has 0 aliphatic carbocycles. The van der Waals surface area contributed by atoms with E-state index >= 15 is 0 Å². The van der Waals surface area contributed by atoms with Gasteiger partial charge in [0.1, 0.15) is 12.1 Å². The summed E-state index contributed by atoms with van der Waals surface area (Å²) in [6.07, 6.45) is 3.36. The lowest BCUT2D eigenvalue weighted by molar-refractivity contribution is -0.130. The first-order chi connectivity index (χ1) is 11.5. The number of rotatable bonds is 6. The second kappa shape index (κ2) is 11.0. The standard InChI is InChI=1S/C17H28N4O2S.HI/c1-3-18-16(19-11-15(22)21-8-5-4-6-9-21)20-13-17(2,23)14-7-10-24-12-14;/h7,10,12,23H,3-6,8-9,11,13H2,1-2H3,(H2,18,19,20);1H. The predicted molar refractivity (Wildman–Crippen MR) is 114 cm³/mol. The lowest BCUT2D eigenvalue weighted by Crippen LogP contribution is -2.45. The Morgan fingerprint density at radius 1 is 1.36 bits per heavy atom. The molecule has 1 aromatic rings. The van der Waals surface area contributed by atoms with Crippen LogP contribution in [-0.4, -0.2) is 54.6 Å². The maximum atomic E-state index is 12.2. The van der Waals surface area contributed by atoms with Gasteiger partial charge in [-0.25, -0.2) is 4.99 Å². The molecule has 1 atom stereocenters. The molecule has 8 heteroatoms. The fourth-order valence-corrected chi connectivity index (χ4v) is 3.44. The molecule has 6 nitrogen and oxygen atoms in total. The van der Waals surface area contributed by atoms with Gasteiger partial charge in [0.2, 0.25) is 5.91 Å². The zero-order valence-corrected chi connectivity index (χ0v) is 18.1. The number of halogens is 1. The van der Waals surface area contributed by atoms with Gasteiger partial charge in [-0.15, -0.1) is 24.0 Å². The zero-order valence-electron chi connectivity index (χ0n) is 15.0. The third-order valence-corrected chi connectivity index (χ3v) is 4.85. The van der Waals surface area contributed by atoms with E-state index in [0.29, 0.717) is 19.0 Å². The molecule has 1 aromatic heterocycles. The second-order valence-electron chi connectivity index (χ2n) is 6.28. The molecular formula is C17H29IN4O2S. The normalized spacial score (nSPS) is 17.4. The van der Waals surface area contributed by atoms with Gasteiger partial charge in [0.25, 0.3) is 0 Å². The van der Waals surface area contributed by atoms with Crippen LogP contribution in [0, 0.1) is 0 Å². The van der Waals surface area contributed by atoms with Gasteiger partial charge in [0.05, 0.1) is 6.54 Å². The lowest BCUT2D eigenvalue weighted by atomic mass is 9.99. The van der Waals surface area contributed by atoms with Crippen LogP contribution in [0.15, 0.2) is 21.8 Å². The van der Waals surface area contributed by atoms with E-state index in [-0.39, 0.29) is 36.4 Å². The molecule has 0 aromatic carbocycles. The topological polar surface area (TPSA) is 77.0 Å². The molecule has 1 aliphatic rings. The van der Waals surface area contributed by atoms with Crippen LogP contribution in [0.2, 0.25) is 0 Å². The first-order valence-corrected chi connectivity index (χ1v) is 9.52. The smallest absolute Gasteiger partial charge is 0.244 e. The monoisotopic (exact) mass is 480 g/mol. The van der Waals surface area contributed by atoms with E-state index in [2.05, 4.69) is 15.6 Å². The molecule has 1 aliphatic heterocycles. The third-order valence-electron chi connectivity index (χ3n) is 4.17. The molecule has 1 unspecified atom stereocenters. The number of amides is 1. The number of piperidine rings is 1. The van der Waals surface area contributed by atoms with Crippen LogP contribution in [-0.2, 0) is 10.4 Å². The Kier molecular flexibility index (Phi) is 9.73. The van der Waals surface area contributed by atoms with Crippen LogP contribution in [0.25, 0.3) is 0 Å². The molecule has 2 heterocycles. The highest BCUT2D eigenvalue weighted by molar-refractivity contribution is 14.0. The number of carbonyl (C=O) groups is 1. The van der Waals surface area contributed by atoms with E-state index in [1.165, 1.54) is 6.42 Å². The van der Waals surface area contributed by atoms with Gasteiger partial charge in [-0.05, 0) is 55.5 Å². The molecule has 25 heavy (non-hydrogen) atoms. The highest BCUT2D eigenvalue weighted by Gasteiger charge is 2.24. The molecule has 2 rings (SSSR count). The summed E-state index contributed by atoms with van der Waals surface area (Å²) in [4.78, 5) is 18.5. The van der Waals surface area contributed by atoms with E-state index < -0.39 is 5.60 Å². The summed E-state index contributed by atoms with van der Waals surface area (Å²) in [7, 11) is 0. The van der Waals surface area contributed by atoms with Crippen LogP contribution in [0.3, 0.4) is 0 Å². The highest BCUT2D eigenvalue weighted by atomic mass is 127. The van der Waals surface area contributed by atoms with Gasteiger partial charge in [-0.1, -0.05) is 0 Å². The number of likely N-dealkylation sites (tertiary alicyclic amines) is 1.